The molecular formula is C18H14F3N5O3S. The van der Waals surface area contributed by atoms with Crippen molar-refractivity contribution in [2.45, 2.75) is 13.3 Å². The minimum absolute atomic E-state index is 0.249. The molecule has 3 heterocycles. The number of rotatable bonds is 5. The fourth-order valence-corrected chi connectivity index (χ4v) is 3.65. The monoisotopic (exact) mass is 437 g/mol. The number of esters is 1. The van der Waals surface area contributed by atoms with Crippen molar-refractivity contribution in [3.8, 4) is 5.75 Å². The summed E-state index contributed by atoms with van der Waals surface area (Å²) in [6.45, 7) is 1.96. The molecule has 0 fully saturated rings. The van der Waals surface area contributed by atoms with E-state index in [-0.39, 0.29) is 17.9 Å². The molecule has 12 heteroatoms. The van der Waals surface area contributed by atoms with E-state index in [1.807, 2.05) is 0 Å². The summed E-state index contributed by atoms with van der Waals surface area (Å²) < 4.78 is 48.3. The number of ether oxygens (including phenoxy) is 2. The summed E-state index contributed by atoms with van der Waals surface area (Å²) in [5, 5.41) is 3.46. The Morgan fingerprint density at radius 3 is 2.77 bits per heavy atom. The summed E-state index contributed by atoms with van der Waals surface area (Å²) in [7, 11) is 1.73. The van der Waals surface area contributed by atoms with Crippen LogP contribution in [0.2, 0.25) is 0 Å². The number of thiazole rings is 1. The van der Waals surface area contributed by atoms with Crippen LogP contribution in [-0.2, 0) is 11.8 Å². The predicted molar refractivity (Wildman–Crippen MR) is 104 cm³/mol. The maximum absolute atomic E-state index is 12.4. The largest absolute Gasteiger partial charge is 0.573 e. The van der Waals surface area contributed by atoms with Gasteiger partial charge in [-0.2, -0.15) is 0 Å². The average Bonchev–Trinajstić information content (AvgIpc) is 3.20. The third-order valence-electron chi connectivity index (χ3n) is 4.03. The predicted octanol–water partition coefficient (Wildman–Crippen LogP) is 4.40. The number of carbonyl (C=O) groups excluding carboxylic acids is 1. The Morgan fingerprint density at radius 1 is 1.23 bits per heavy atom. The van der Waals surface area contributed by atoms with Crippen molar-refractivity contribution in [1.82, 2.24) is 19.5 Å². The number of imidazole rings is 1. The number of aryl methyl sites for hydroxylation is 1. The zero-order valence-electron chi connectivity index (χ0n) is 15.6. The van der Waals surface area contributed by atoms with Crippen molar-refractivity contribution in [2.24, 2.45) is 7.05 Å². The average molecular weight is 437 g/mol. The molecule has 0 radical (unpaired) electrons. The van der Waals surface area contributed by atoms with Gasteiger partial charge in [-0.15, -0.1) is 13.2 Å². The van der Waals surface area contributed by atoms with Gasteiger partial charge in [-0.3, -0.25) is 4.57 Å². The molecule has 4 rings (SSSR count). The van der Waals surface area contributed by atoms with E-state index in [9.17, 15) is 18.0 Å². The molecule has 0 aliphatic carbocycles. The van der Waals surface area contributed by atoms with Crippen molar-refractivity contribution in [3.05, 3.63) is 36.0 Å². The number of halogens is 3. The quantitative estimate of drug-likeness (QED) is 0.463. The van der Waals surface area contributed by atoms with Crippen LogP contribution in [0.1, 0.15) is 17.3 Å². The van der Waals surface area contributed by atoms with Gasteiger partial charge in [0, 0.05) is 19.3 Å². The van der Waals surface area contributed by atoms with E-state index < -0.39 is 12.3 Å². The van der Waals surface area contributed by atoms with E-state index in [0.717, 1.165) is 11.3 Å². The van der Waals surface area contributed by atoms with Gasteiger partial charge in [0.1, 0.15) is 11.3 Å². The van der Waals surface area contributed by atoms with Crippen LogP contribution in [0.4, 0.5) is 24.3 Å². The molecule has 0 saturated carbocycles. The third-order valence-corrected chi connectivity index (χ3v) is 4.97. The number of benzene rings is 1. The van der Waals surface area contributed by atoms with E-state index in [0.29, 0.717) is 32.5 Å². The van der Waals surface area contributed by atoms with Crippen LogP contribution in [0.25, 0.3) is 21.4 Å². The molecule has 1 N–H and O–H groups in total. The minimum Gasteiger partial charge on any atom is -0.462 e. The van der Waals surface area contributed by atoms with Crippen molar-refractivity contribution in [3.63, 3.8) is 0 Å². The molecular weight excluding hydrogens is 423 g/mol. The zero-order chi connectivity index (χ0) is 21.5. The Kier molecular flexibility index (Phi) is 4.94. The first kappa shape index (κ1) is 19.9. The maximum Gasteiger partial charge on any atom is 0.573 e. The van der Waals surface area contributed by atoms with Gasteiger partial charge in [0.2, 0.25) is 5.95 Å². The van der Waals surface area contributed by atoms with Gasteiger partial charge in [-0.1, -0.05) is 11.3 Å². The summed E-state index contributed by atoms with van der Waals surface area (Å²) in [6, 6.07) is 5.49. The molecule has 0 spiro atoms. The first-order valence-electron chi connectivity index (χ1n) is 8.66. The number of anilines is 2. The lowest BCUT2D eigenvalue weighted by Gasteiger charge is -2.07. The Labute approximate surface area is 171 Å². The molecule has 0 atom stereocenters. The number of nitrogens with zero attached hydrogens (tertiary/aromatic N) is 4. The number of hydrogen-bond donors (Lipinski definition) is 1. The summed E-state index contributed by atoms with van der Waals surface area (Å²) in [4.78, 5) is 24.9. The van der Waals surface area contributed by atoms with Gasteiger partial charge in [0.05, 0.1) is 22.4 Å². The summed E-state index contributed by atoms with van der Waals surface area (Å²) in [5.74, 6) is -0.400. The van der Waals surface area contributed by atoms with Gasteiger partial charge < -0.3 is 14.8 Å². The molecule has 0 amide bonds. The van der Waals surface area contributed by atoms with Crippen LogP contribution < -0.4 is 10.1 Å². The Balaban J connectivity index is 1.62. The first-order valence-corrected chi connectivity index (χ1v) is 9.48. The number of pyridine rings is 1. The van der Waals surface area contributed by atoms with E-state index in [1.54, 1.807) is 24.6 Å². The van der Waals surface area contributed by atoms with Crippen LogP contribution in [0.3, 0.4) is 0 Å². The lowest BCUT2D eigenvalue weighted by molar-refractivity contribution is -0.274. The molecule has 0 saturated heterocycles. The summed E-state index contributed by atoms with van der Waals surface area (Å²) in [6.07, 6.45) is -3.35. The van der Waals surface area contributed by atoms with Gasteiger partial charge in [0.15, 0.2) is 10.8 Å². The second-order valence-electron chi connectivity index (χ2n) is 6.10. The van der Waals surface area contributed by atoms with Crippen LogP contribution in [0.5, 0.6) is 5.75 Å². The molecule has 156 valence electrons. The lowest BCUT2D eigenvalue weighted by atomic mass is 10.3. The maximum atomic E-state index is 12.4. The molecule has 0 unspecified atom stereocenters. The molecule has 0 bridgehead atoms. The summed E-state index contributed by atoms with van der Waals surface area (Å²) in [5.41, 5.74) is 1.81. The molecule has 1 aromatic carbocycles. The molecule has 30 heavy (non-hydrogen) atoms. The highest BCUT2D eigenvalue weighted by atomic mass is 32.1. The van der Waals surface area contributed by atoms with Gasteiger partial charge in [0.25, 0.3) is 0 Å². The Bertz CT molecular complexity index is 1250. The van der Waals surface area contributed by atoms with Crippen LogP contribution in [0.15, 0.2) is 30.5 Å². The second-order valence-corrected chi connectivity index (χ2v) is 7.13. The van der Waals surface area contributed by atoms with Crippen molar-refractivity contribution < 1.29 is 27.4 Å². The van der Waals surface area contributed by atoms with Gasteiger partial charge >= 0.3 is 12.3 Å². The first-order chi connectivity index (χ1) is 14.2. The molecule has 4 aromatic rings. The Hall–Kier alpha value is -3.41. The van der Waals surface area contributed by atoms with E-state index in [4.69, 9.17) is 4.74 Å². The fourth-order valence-electron chi connectivity index (χ4n) is 2.77. The van der Waals surface area contributed by atoms with Gasteiger partial charge in [-0.05, 0) is 25.1 Å². The fraction of sp³-hybridized carbons (Fsp3) is 0.222. The lowest BCUT2D eigenvalue weighted by Crippen LogP contribution is -2.16. The highest BCUT2D eigenvalue weighted by Crippen LogP contribution is 2.33. The van der Waals surface area contributed by atoms with E-state index in [1.165, 1.54) is 24.4 Å². The number of hydrogen-bond acceptors (Lipinski definition) is 8. The smallest absolute Gasteiger partial charge is 0.462 e. The number of alkyl halides is 3. The van der Waals surface area contributed by atoms with Crippen LogP contribution in [0, 0.1) is 0 Å². The second kappa shape index (κ2) is 7.44. The highest BCUT2D eigenvalue weighted by molar-refractivity contribution is 7.22. The van der Waals surface area contributed by atoms with E-state index in [2.05, 4.69) is 25.0 Å². The molecule has 0 aliphatic rings. The molecule has 3 aromatic heterocycles. The Morgan fingerprint density at radius 2 is 2.03 bits per heavy atom. The van der Waals surface area contributed by atoms with E-state index >= 15 is 0 Å². The topological polar surface area (TPSA) is 91.2 Å². The van der Waals surface area contributed by atoms with Gasteiger partial charge in [-0.25, -0.2) is 19.7 Å². The third kappa shape index (κ3) is 3.99. The zero-order valence-corrected chi connectivity index (χ0v) is 16.5. The van der Waals surface area contributed by atoms with Crippen LogP contribution in [-0.4, -0.2) is 38.5 Å². The molecule has 8 nitrogen and oxygen atoms in total. The van der Waals surface area contributed by atoms with Crippen molar-refractivity contribution >= 4 is 49.8 Å². The number of nitrogens with one attached hydrogen (secondary N) is 1. The minimum atomic E-state index is -4.76. The standard InChI is InChI=1S/C18H14F3N5O3S/c1-3-28-15(27)9-6-12-14(22-8-9)26(2)16(23-12)25-17-24-11-5-4-10(7-13(11)30-17)29-18(19,20)21/h4-8H,3H2,1-2H3,(H,23,24,25). The highest BCUT2D eigenvalue weighted by Gasteiger charge is 2.31. The number of carbonyl (C=O) groups is 1. The van der Waals surface area contributed by atoms with Crippen molar-refractivity contribution in [1.29, 1.82) is 0 Å². The SMILES string of the molecule is CCOC(=O)c1cnc2c(c1)nc(Nc1nc3ccc(OC(F)(F)F)cc3s1)n2C. The van der Waals surface area contributed by atoms with Crippen LogP contribution >= 0.6 is 11.3 Å². The van der Waals surface area contributed by atoms with Crippen molar-refractivity contribution in [2.75, 3.05) is 11.9 Å². The molecule has 0 aliphatic heterocycles. The number of fused-ring (bicyclic) bond motifs is 2. The number of aromatic nitrogens is 4. The normalized spacial score (nSPS) is 11.8. The summed E-state index contributed by atoms with van der Waals surface area (Å²) >= 11 is 1.15.